The SMILES string of the molecule is COP(=O)(OC)C(O)c1ccc(C(=O)Nc2cc(-c3ccccc3)ccc2N)cc1. The molecule has 156 valence electrons. The van der Waals surface area contributed by atoms with Crippen LogP contribution in [0.25, 0.3) is 11.1 Å². The van der Waals surface area contributed by atoms with Gasteiger partial charge in [-0.2, -0.15) is 0 Å². The summed E-state index contributed by atoms with van der Waals surface area (Å²) in [6.07, 6.45) is 0. The van der Waals surface area contributed by atoms with Crippen molar-refractivity contribution in [1.29, 1.82) is 0 Å². The van der Waals surface area contributed by atoms with Crippen molar-refractivity contribution in [1.82, 2.24) is 0 Å². The Labute approximate surface area is 175 Å². The maximum Gasteiger partial charge on any atom is 0.362 e. The monoisotopic (exact) mass is 426 g/mol. The van der Waals surface area contributed by atoms with Crippen LogP contribution in [0.5, 0.6) is 0 Å². The fourth-order valence-electron chi connectivity index (χ4n) is 2.93. The van der Waals surface area contributed by atoms with E-state index in [2.05, 4.69) is 5.32 Å². The van der Waals surface area contributed by atoms with E-state index in [1.165, 1.54) is 38.5 Å². The molecular weight excluding hydrogens is 403 g/mol. The van der Waals surface area contributed by atoms with Crippen LogP contribution in [-0.2, 0) is 13.6 Å². The van der Waals surface area contributed by atoms with Crippen molar-refractivity contribution in [3.05, 3.63) is 83.9 Å². The predicted octanol–water partition coefficient (Wildman–Crippen LogP) is 4.66. The first-order valence-corrected chi connectivity index (χ1v) is 10.7. The summed E-state index contributed by atoms with van der Waals surface area (Å²) in [4.78, 5) is 12.7. The van der Waals surface area contributed by atoms with Crippen LogP contribution in [0.3, 0.4) is 0 Å². The van der Waals surface area contributed by atoms with Gasteiger partial charge in [-0.3, -0.25) is 9.36 Å². The van der Waals surface area contributed by atoms with Crippen molar-refractivity contribution in [2.45, 2.75) is 5.85 Å². The van der Waals surface area contributed by atoms with E-state index in [1.807, 2.05) is 42.5 Å². The highest BCUT2D eigenvalue weighted by molar-refractivity contribution is 7.54. The number of carbonyl (C=O) groups is 1. The van der Waals surface area contributed by atoms with E-state index < -0.39 is 13.4 Å². The molecule has 0 fully saturated rings. The lowest BCUT2D eigenvalue weighted by Gasteiger charge is -2.20. The van der Waals surface area contributed by atoms with Gasteiger partial charge in [0.05, 0.1) is 11.4 Å². The number of nitrogen functional groups attached to an aromatic ring is 1. The van der Waals surface area contributed by atoms with Gasteiger partial charge in [0, 0.05) is 19.8 Å². The Morgan fingerprint density at radius 3 is 2.20 bits per heavy atom. The van der Waals surface area contributed by atoms with E-state index in [9.17, 15) is 14.5 Å². The Morgan fingerprint density at radius 2 is 1.60 bits per heavy atom. The minimum atomic E-state index is -3.69. The van der Waals surface area contributed by atoms with E-state index in [-0.39, 0.29) is 5.91 Å². The number of aliphatic hydroxyl groups is 1. The lowest BCUT2D eigenvalue weighted by molar-refractivity contribution is 0.102. The largest absolute Gasteiger partial charge is 0.397 e. The number of hydrogen-bond acceptors (Lipinski definition) is 6. The van der Waals surface area contributed by atoms with E-state index in [0.29, 0.717) is 22.5 Å². The van der Waals surface area contributed by atoms with Crippen LogP contribution < -0.4 is 11.1 Å². The molecule has 3 aromatic carbocycles. The minimum absolute atomic E-state index is 0.309. The lowest BCUT2D eigenvalue weighted by Crippen LogP contribution is -2.13. The minimum Gasteiger partial charge on any atom is -0.397 e. The molecule has 0 bridgehead atoms. The molecule has 0 aliphatic carbocycles. The summed E-state index contributed by atoms with van der Waals surface area (Å²) < 4.78 is 21.9. The second-order valence-corrected chi connectivity index (χ2v) is 8.82. The van der Waals surface area contributed by atoms with Gasteiger partial charge in [0.1, 0.15) is 0 Å². The van der Waals surface area contributed by atoms with E-state index in [1.54, 1.807) is 6.07 Å². The second kappa shape index (κ2) is 9.24. The summed E-state index contributed by atoms with van der Waals surface area (Å²) in [5.74, 6) is -1.82. The van der Waals surface area contributed by atoms with E-state index in [0.717, 1.165) is 11.1 Å². The van der Waals surface area contributed by atoms with Crippen molar-refractivity contribution < 1.29 is 23.5 Å². The number of nitrogens with two attached hydrogens (primary N) is 1. The van der Waals surface area contributed by atoms with Gasteiger partial charge in [0.25, 0.3) is 5.91 Å². The Morgan fingerprint density at radius 1 is 0.967 bits per heavy atom. The zero-order valence-corrected chi connectivity index (χ0v) is 17.5. The van der Waals surface area contributed by atoms with Gasteiger partial charge < -0.3 is 25.2 Å². The molecule has 0 spiro atoms. The van der Waals surface area contributed by atoms with Crippen LogP contribution in [0, 0.1) is 0 Å². The van der Waals surface area contributed by atoms with Gasteiger partial charge >= 0.3 is 7.60 Å². The Kier molecular flexibility index (Phi) is 6.70. The molecule has 0 aliphatic rings. The first kappa shape index (κ1) is 21.7. The zero-order chi connectivity index (χ0) is 21.7. The highest BCUT2D eigenvalue weighted by atomic mass is 31.2. The van der Waals surface area contributed by atoms with Gasteiger partial charge in [0.2, 0.25) is 0 Å². The van der Waals surface area contributed by atoms with E-state index in [4.69, 9.17) is 14.8 Å². The quantitative estimate of drug-likeness (QED) is 0.374. The standard InChI is InChI=1S/C22H23N2O5P/c1-28-30(27,29-2)22(26)17-10-8-16(9-11-17)21(25)24-20-14-18(12-13-19(20)23)15-6-4-3-5-7-15/h3-14,22,26H,23H2,1-2H3,(H,24,25). The van der Waals surface area contributed by atoms with Gasteiger partial charge in [-0.1, -0.05) is 48.5 Å². The van der Waals surface area contributed by atoms with Crippen LogP contribution >= 0.6 is 7.60 Å². The Hall–Kier alpha value is -2.96. The molecular formula is C22H23N2O5P. The van der Waals surface area contributed by atoms with Crippen LogP contribution in [0.2, 0.25) is 0 Å². The highest BCUT2D eigenvalue weighted by Crippen LogP contribution is 2.58. The summed E-state index contributed by atoms with van der Waals surface area (Å²) in [6, 6.07) is 21.2. The average molecular weight is 426 g/mol. The second-order valence-electron chi connectivity index (χ2n) is 6.52. The fraction of sp³-hybridized carbons (Fsp3) is 0.136. The summed E-state index contributed by atoms with van der Waals surface area (Å²) in [5, 5.41) is 13.1. The highest BCUT2D eigenvalue weighted by Gasteiger charge is 2.33. The number of aliphatic hydroxyl groups excluding tert-OH is 1. The molecule has 1 atom stereocenters. The van der Waals surface area contributed by atoms with Crippen molar-refractivity contribution in [3.8, 4) is 11.1 Å². The lowest BCUT2D eigenvalue weighted by atomic mass is 10.0. The Bertz CT molecular complexity index is 1060. The third-order valence-corrected chi connectivity index (χ3v) is 6.60. The van der Waals surface area contributed by atoms with Crippen LogP contribution in [-0.4, -0.2) is 25.2 Å². The number of nitrogens with one attached hydrogen (secondary N) is 1. The van der Waals surface area contributed by atoms with Crippen LogP contribution in [0.15, 0.2) is 72.8 Å². The number of anilines is 2. The third-order valence-electron chi connectivity index (χ3n) is 4.69. The predicted molar refractivity (Wildman–Crippen MR) is 117 cm³/mol. The zero-order valence-electron chi connectivity index (χ0n) is 16.6. The topological polar surface area (TPSA) is 111 Å². The maximum absolute atomic E-state index is 12.7. The molecule has 0 saturated carbocycles. The molecule has 0 aliphatic heterocycles. The summed E-state index contributed by atoms with van der Waals surface area (Å²) in [5.41, 5.74) is 9.55. The number of amides is 1. The third kappa shape index (κ3) is 4.61. The van der Waals surface area contributed by atoms with E-state index >= 15 is 0 Å². The normalized spacial score (nSPS) is 12.4. The van der Waals surface area contributed by atoms with Crippen molar-refractivity contribution >= 4 is 24.9 Å². The molecule has 30 heavy (non-hydrogen) atoms. The first-order chi connectivity index (χ1) is 14.4. The molecule has 1 amide bonds. The fourth-order valence-corrected chi connectivity index (χ4v) is 4.02. The molecule has 7 nitrogen and oxygen atoms in total. The van der Waals surface area contributed by atoms with Crippen molar-refractivity contribution in [2.24, 2.45) is 0 Å². The smallest absolute Gasteiger partial charge is 0.362 e. The summed E-state index contributed by atoms with van der Waals surface area (Å²) in [6.45, 7) is 0. The number of rotatable bonds is 7. The molecule has 0 heterocycles. The number of carbonyl (C=O) groups excluding carboxylic acids is 1. The average Bonchev–Trinajstić information content (AvgIpc) is 2.80. The molecule has 0 saturated heterocycles. The number of benzene rings is 3. The number of hydrogen-bond donors (Lipinski definition) is 3. The summed E-state index contributed by atoms with van der Waals surface area (Å²) >= 11 is 0. The molecule has 4 N–H and O–H groups in total. The van der Waals surface area contributed by atoms with Crippen LogP contribution in [0.4, 0.5) is 11.4 Å². The van der Waals surface area contributed by atoms with Gasteiger partial charge in [-0.05, 0) is 41.0 Å². The van der Waals surface area contributed by atoms with Crippen molar-refractivity contribution in [3.63, 3.8) is 0 Å². The van der Waals surface area contributed by atoms with Gasteiger partial charge in [-0.25, -0.2) is 0 Å². The molecule has 8 heteroatoms. The maximum atomic E-state index is 12.7. The molecule has 1 unspecified atom stereocenters. The summed E-state index contributed by atoms with van der Waals surface area (Å²) in [7, 11) is -1.30. The molecule has 3 rings (SSSR count). The molecule has 0 aromatic heterocycles. The Balaban J connectivity index is 1.79. The van der Waals surface area contributed by atoms with Gasteiger partial charge in [0.15, 0.2) is 5.85 Å². The molecule has 3 aromatic rings. The van der Waals surface area contributed by atoms with Gasteiger partial charge in [-0.15, -0.1) is 0 Å². The van der Waals surface area contributed by atoms with Crippen molar-refractivity contribution in [2.75, 3.05) is 25.3 Å². The molecule has 0 radical (unpaired) electrons. The first-order valence-electron chi connectivity index (χ1n) is 9.13. The van der Waals surface area contributed by atoms with Crippen LogP contribution in [0.1, 0.15) is 21.8 Å².